The molecule has 170 valence electrons. The monoisotopic (exact) mass is 438 g/mol. The highest BCUT2D eigenvalue weighted by Crippen LogP contribution is 2.23. The molecule has 32 heavy (non-hydrogen) atoms. The van der Waals surface area contributed by atoms with Gasteiger partial charge in [-0.1, -0.05) is 0 Å². The van der Waals surface area contributed by atoms with Crippen molar-refractivity contribution in [2.75, 3.05) is 51.6 Å². The third-order valence-electron chi connectivity index (χ3n) is 6.36. The van der Waals surface area contributed by atoms with Crippen LogP contribution in [0.25, 0.3) is 0 Å². The smallest absolute Gasteiger partial charge is 0.291 e. The van der Waals surface area contributed by atoms with Gasteiger partial charge in [0.05, 0.1) is 6.26 Å². The van der Waals surface area contributed by atoms with Crippen molar-refractivity contribution in [3.05, 3.63) is 54.0 Å². The van der Waals surface area contributed by atoms with Crippen molar-refractivity contribution in [2.24, 2.45) is 5.92 Å². The summed E-state index contributed by atoms with van der Waals surface area (Å²) in [6.07, 6.45) is 3.73. The van der Waals surface area contributed by atoms with Gasteiger partial charge in [-0.25, -0.2) is 0 Å². The Morgan fingerprint density at radius 3 is 2.25 bits per heavy atom. The molecule has 1 N–H and O–H groups in total. The average Bonchev–Trinajstić information content (AvgIpc) is 3.35. The molecule has 1 aromatic heterocycles. The Balaban J connectivity index is 1.24. The van der Waals surface area contributed by atoms with E-state index < -0.39 is 0 Å². The fourth-order valence-corrected chi connectivity index (χ4v) is 4.25. The first-order valence-electron chi connectivity index (χ1n) is 11.2. The summed E-state index contributed by atoms with van der Waals surface area (Å²) in [6.45, 7) is 4.82. The lowest BCUT2D eigenvalue weighted by Crippen LogP contribution is -2.48. The Morgan fingerprint density at radius 2 is 1.62 bits per heavy atom. The summed E-state index contributed by atoms with van der Waals surface area (Å²) in [5.41, 5.74) is 1.19. The number of carbonyl (C=O) groups is 3. The zero-order chi connectivity index (χ0) is 22.5. The second kappa shape index (κ2) is 9.99. The fraction of sp³-hybridized carbons (Fsp3) is 0.458. The molecule has 2 aliphatic rings. The van der Waals surface area contributed by atoms with Crippen molar-refractivity contribution < 1.29 is 18.8 Å². The van der Waals surface area contributed by atoms with E-state index in [0.29, 0.717) is 36.7 Å². The predicted octanol–water partition coefficient (Wildman–Crippen LogP) is 2.55. The van der Waals surface area contributed by atoms with Crippen LogP contribution in [0.3, 0.4) is 0 Å². The molecule has 4 rings (SSSR count). The summed E-state index contributed by atoms with van der Waals surface area (Å²) in [5, 5.41) is 2.75. The zero-order valence-electron chi connectivity index (χ0n) is 18.5. The SMILES string of the molecule is CN1CCN(C(=O)CC2CCN(C(=O)c3ccc(NC(=O)c4ccco4)cc3)CC2)CC1. The molecule has 0 radical (unpaired) electrons. The van der Waals surface area contributed by atoms with Crippen LogP contribution >= 0.6 is 0 Å². The normalized spacial score (nSPS) is 17.9. The zero-order valence-corrected chi connectivity index (χ0v) is 18.5. The van der Waals surface area contributed by atoms with Gasteiger partial charge in [-0.05, 0) is 62.2 Å². The summed E-state index contributed by atoms with van der Waals surface area (Å²) in [4.78, 5) is 43.6. The molecule has 0 aliphatic carbocycles. The van der Waals surface area contributed by atoms with Crippen LogP contribution in [-0.4, -0.2) is 78.7 Å². The first-order valence-corrected chi connectivity index (χ1v) is 11.2. The molecule has 3 heterocycles. The largest absolute Gasteiger partial charge is 0.459 e. The number of benzene rings is 1. The molecule has 8 heteroatoms. The molecule has 2 aliphatic heterocycles. The van der Waals surface area contributed by atoms with E-state index in [0.717, 1.165) is 39.0 Å². The molecule has 0 unspecified atom stereocenters. The van der Waals surface area contributed by atoms with Crippen LogP contribution in [0.15, 0.2) is 47.1 Å². The molecule has 0 spiro atoms. The van der Waals surface area contributed by atoms with E-state index in [1.165, 1.54) is 6.26 Å². The number of hydrogen-bond donors (Lipinski definition) is 1. The van der Waals surface area contributed by atoms with Crippen molar-refractivity contribution in [2.45, 2.75) is 19.3 Å². The first kappa shape index (κ1) is 22.1. The van der Waals surface area contributed by atoms with Crippen LogP contribution < -0.4 is 5.32 Å². The van der Waals surface area contributed by atoms with E-state index in [2.05, 4.69) is 17.3 Å². The van der Waals surface area contributed by atoms with Crippen LogP contribution in [0.5, 0.6) is 0 Å². The topological polar surface area (TPSA) is 86.1 Å². The van der Waals surface area contributed by atoms with E-state index in [9.17, 15) is 14.4 Å². The van der Waals surface area contributed by atoms with Gasteiger partial charge in [-0.2, -0.15) is 0 Å². The molecular formula is C24H30N4O4. The highest BCUT2D eigenvalue weighted by Gasteiger charge is 2.27. The maximum Gasteiger partial charge on any atom is 0.291 e. The standard InChI is InChI=1S/C24H30N4O4/c1-26-12-14-27(15-13-26)22(29)17-18-8-10-28(11-9-18)24(31)19-4-6-20(7-5-19)25-23(30)21-3-2-16-32-21/h2-7,16,18H,8-15,17H2,1H3,(H,25,30). The summed E-state index contributed by atoms with van der Waals surface area (Å²) >= 11 is 0. The molecular weight excluding hydrogens is 408 g/mol. The van der Waals surface area contributed by atoms with E-state index in [-0.39, 0.29) is 23.5 Å². The van der Waals surface area contributed by atoms with Crippen molar-refractivity contribution in [3.63, 3.8) is 0 Å². The van der Waals surface area contributed by atoms with Crippen LogP contribution in [0, 0.1) is 5.92 Å². The molecule has 3 amide bonds. The second-order valence-corrected chi connectivity index (χ2v) is 8.63. The van der Waals surface area contributed by atoms with E-state index in [1.54, 1.807) is 36.4 Å². The van der Waals surface area contributed by atoms with Gasteiger partial charge >= 0.3 is 0 Å². The summed E-state index contributed by atoms with van der Waals surface area (Å²) < 4.78 is 5.08. The number of rotatable bonds is 5. The van der Waals surface area contributed by atoms with Gasteiger partial charge in [0.15, 0.2) is 5.76 Å². The predicted molar refractivity (Wildman–Crippen MR) is 120 cm³/mol. The van der Waals surface area contributed by atoms with Crippen molar-refractivity contribution in [1.29, 1.82) is 0 Å². The Hall–Kier alpha value is -3.13. The van der Waals surface area contributed by atoms with Crippen LogP contribution in [0.4, 0.5) is 5.69 Å². The number of carbonyl (C=O) groups excluding carboxylic acids is 3. The first-order chi connectivity index (χ1) is 15.5. The number of likely N-dealkylation sites (tertiary alicyclic amines) is 1. The highest BCUT2D eigenvalue weighted by atomic mass is 16.3. The third-order valence-corrected chi connectivity index (χ3v) is 6.36. The van der Waals surface area contributed by atoms with E-state index in [4.69, 9.17) is 4.42 Å². The van der Waals surface area contributed by atoms with E-state index >= 15 is 0 Å². The molecule has 2 aromatic rings. The molecule has 1 aromatic carbocycles. The van der Waals surface area contributed by atoms with Crippen LogP contribution in [0.1, 0.15) is 40.2 Å². The molecule has 0 atom stereocenters. The maximum atomic E-state index is 12.9. The van der Waals surface area contributed by atoms with Crippen LogP contribution in [-0.2, 0) is 4.79 Å². The van der Waals surface area contributed by atoms with Crippen molar-refractivity contribution in [3.8, 4) is 0 Å². The Kier molecular flexibility index (Phi) is 6.90. The number of hydrogen-bond acceptors (Lipinski definition) is 5. The van der Waals surface area contributed by atoms with Gasteiger partial charge in [0.1, 0.15) is 0 Å². The number of nitrogens with zero attached hydrogens (tertiary/aromatic N) is 3. The third kappa shape index (κ3) is 5.37. The highest BCUT2D eigenvalue weighted by molar-refractivity contribution is 6.02. The maximum absolute atomic E-state index is 12.9. The number of piperidine rings is 1. The number of furan rings is 1. The molecule has 2 fully saturated rings. The van der Waals surface area contributed by atoms with Gasteiger partial charge in [-0.3, -0.25) is 14.4 Å². The number of likely N-dealkylation sites (N-methyl/N-ethyl adjacent to an activating group) is 1. The van der Waals surface area contributed by atoms with Gasteiger partial charge in [0.2, 0.25) is 5.91 Å². The summed E-state index contributed by atoms with van der Waals surface area (Å²) in [5.74, 6) is 0.472. The fourth-order valence-electron chi connectivity index (χ4n) is 4.25. The molecule has 8 nitrogen and oxygen atoms in total. The van der Waals surface area contributed by atoms with Gasteiger partial charge in [0, 0.05) is 56.9 Å². The average molecular weight is 439 g/mol. The van der Waals surface area contributed by atoms with Crippen molar-refractivity contribution in [1.82, 2.24) is 14.7 Å². The molecule has 2 saturated heterocycles. The van der Waals surface area contributed by atoms with Crippen molar-refractivity contribution >= 4 is 23.4 Å². The van der Waals surface area contributed by atoms with Gasteiger partial charge < -0.3 is 24.4 Å². The number of piperazine rings is 1. The lowest BCUT2D eigenvalue weighted by atomic mass is 9.92. The van der Waals surface area contributed by atoms with E-state index in [1.807, 2.05) is 9.80 Å². The quantitative estimate of drug-likeness (QED) is 0.775. The van der Waals surface area contributed by atoms with Crippen LogP contribution in [0.2, 0.25) is 0 Å². The summed E-state index contributed by atoms with van der Waals surface area (Å²) in [6, 6.07) is 10.1. The summed E-state index contributed by atoms with van der Waals surface area (Å²) in [7, 11) is 2.08. The Bertz CT molecular complexity index is 925. The Morgan fingerprint density at radius 1 is 0.938 bits per heavy atom. The lowest BCUT2D eigenvalue weighted by Gasteiger charge is -2.35. The lowest BCUT2D eigenvalue weighted by molar-refractivity contribution is -0.134. The minimum atomic E-state index is -0.331. The minimum absolute atomic E-state index is 0.0160. The number of amides is 3. The van der Waals surface area contributed by atoms with Gasteiger partial charge in [-0.15, -0.1) is 0 Å². The second-order valence-electron chi connectivity index (χ2n) is 8.63. The Labute approximate surface area is 188 Å². The molecule has 0 saturated carbocycles. The number of nitrogens with one attached hydrogen (secondary N) is 1. The van der Waals surface area contributed by atoms with Gasteiger partial charge in [0.25, 0.3) is 11.8 Å². The number of anilines is 1. The molecule has 0 bridgehead atoms. The minimum Gasteiger partial charge on any atom is -0.459 e.